The van der Waals surface area contributed by atoms with E-state index >= 15 is 0 Å². The van der Waals surface area contributed by atoms with Gasteiger partial charge in [0.05, 0.1) is 21.5 Å². The second-order valence-corrected chi connectivity index (χ2v) is 3.56. The van der Waals surface area contributed by atoms with Gasteiger partial charge in [0.1, 0.15) is 0 Å². The molecule has 0 aliphatic heterocycles. The first-order valence-electron chi connectivity index (χ1n) is 5.19. The van der Waals surface area contributed by atoms with E-state index in [1.165, 1.54) is 5.43 Å². The monoisotopic (exact) mass is 313 g/mol. The van der Waals surface area contributed by atoms with Crippen LogP contribution in [-0.4, -0.2) is 26.7 Å². The van der Waals surface area contributed by atoms with Gasteiger partial charge in [-0.3, -0.25) is 25.0 Å². The van der Waals surface area contributed by atoms with Crippen LogP contribution in [0.4, 0.5) is 11.4 Å². The van der Waals surface area contributed by atoms with Gasteiger partial charge in [0.25, 0.3) is 23.2 Å². The zero-order valence-electron chi connectivity index (χ0n) is 10.5. The summed E-state index contributed by atoms with van der Waals surface area (Å²) in [6, 6.07) is 2.21. The smallest absolute Gasteiger partial charge is 0.277 e. The average Bonchev–Trinajstić information content (AvgIpc) is 2.43. The van der Waals surface area contributed by atoms with Crippen molar-refractivity contribution in [3.05, 3.63) is 54.1 Å². The number of benzene rings is 1. The highest BCUT2D eigenvalue weighted by atomic mass is 16.7. The number of nitro groups is 3. The Morgan fingerprint density at radius 3 is 1.95 bits per heavy atom. The zero-order valence-corrected chi connectivity index (χ0v) is 10.5. The number of hydrazine groups is 1. The Hall–Kier alpha value is -3.84. The second-order valence-electron chi connectivity index (χ2n) is 3.56. The van der Waals surface area contributed by atoms with Crippen molar-refractivity contribution in [3.8, 4) is 0 Å². The molecule has 0 spiro atoms. The number of hydrogen-bond donors (Lipinski definition) is 3. The van der Waals surface area contributed by atoms with Crippen molar-refractivity contribution >= 4 is 23.2 Å². The van der Waals surface area contributed by atoms with E-state index < -0.39 is 43.7 Å². The number of nitro benzene ring substituents is 2. The van der Waals surface area contributed by atoms with Crippen LogP contribution in [0.25, 0.3) is 0 Å². The summed E-state index contributed by atoms with van der Waals surface area (Å²) < 4.78 is 0. The van der Waals surface area contributed by atoms with Crippen LogP contribution >= 0.6 is 0 Å². The van der Waals surface area contributed by atoms with Crippen molar-refractivity contribution in [3.63, 3.8) is 0 Å². The summed E-state index contributed by atoms with van der Waals surface area (Å²) in [5.74, 6) is -1.85. The van der Waals surface area contributed by atoms with Crippen molar-refractivity contribution in [2.45, 2.75) is 0 Å². The number of nitrogens with two attached hydrogens (primary N) is 1. The highest BCUT2D eigenvalue weighted by Gasteiger charge is 2.19. The highest BCUT2D eigenvalue weighted by Crippen LogP contribution is 2.22. The van der Waals surface area contributed by atoms with Gasteiger partial charge in [-0.2, -0.15) is 0 Å². The Morgan fingerprint density at radius 1 is 1.05 bits per heavy atom. The molecule has 1 aromatic carbocycles. The van der Waals surface area contributed by atoms with Crippen molar-refractivity contribution in [1.82, 2.24) is 10.9 Å². The van der Waals surface area contributed by atoms with Gasteiger partial charge in [0.15, 0.2) is 5.03 Å². The lowest BCUT2D eigenvalue weighted by atomic mass is 10.1. The fourth-order valence-corrected chi connectivity index (χ4v) is 1.23. The minimum Gasteiger partial charge on any atom is -0.364 e. The van der Waals surface area contributed by atoms with Crippen LogP contribution in [0.1, 0.15) is 10.4 Å². The van der Waals surface area contributed by atoms with Crippen LogP contribution in [0.5, 0.6) is 0 Å². The van der Waals surface area contributed by atoms with Gasteiger partial charge in [-0.25, -0.2) is 15.5 Å². The van der Waals surface area contributed by atoms with E-state index in [0.29, 0.717) is 6.07 Å². The third-order valence-corrected chi connectivity index (χ3v) is 2.07. The molecule has 0 unspecified atom stereocenters. The summed E-state index contributed by atoms with van der Waals surface area (Å²) in [4.78, 5) is 41.2. The minimum absolute atomic E-state index is 0.446. The molecular formula is C8H7N7O7. The highest BCUT2D eigenvalue weighted by molar-refractivity contribution is 5.96. The number of amides is 1. The lowest BCUT2D eigenvalue weighted by molar-refractivity contribution is -0.525. The molecule has 0 bridgehead atoms. The van der Waals surface area contributed by atoms with E-state index in [-0.39, 0.29) is 0 Å². The second kappa shape index (κ2) is 6.55. The fourth-order valence-electron chi connectivity index (χ4n) is 1.23. The maximum Gasteiger partial charge on any atom is 0.277 e. The number of guanidine groups is 1. The topological polar surface area (TPSA) is 209 Å². The summed E-state index contributed by atoms with van der Waals surface area (Å²) in [7, 11) is 0. The Labute approximate surface area is 120 Å². The third-order valence-electron chi connectivity index (χ3n) is 2.07. The van der Waals surface area contributed by atoms with E-state index in [9.17, 15) is 35.1 Å². The molecule has 116 valence electrons. The fraction of sp³-hybridized carbons (Fsp3) is 0. The molecule has 0 saturated carbocycles. The maximum atomic E-state index is 11.7. The first kappa shape index (κ1) is 16.2. The summed E-state index contributed by atoms with van der Waals surface area (Å²) in [5.41, 5.74) is 6.39. The molecule has 0 heterocycles. The Kier molecular flexibility index (Phi) is 4.83. The van der Waals surface area contributed by atoms with E-state index in [1.54, 1.807) is 5.43 Å². The van der Waals surface area contributed by atoms with Gasteiger partial charge >= 0.3 is 0 Å². The molecule has 0 aromatic heterocycles. The van der Waals surface area contributed by atoms with Gasteiger partial charge in [-0.1, -0.05) is 5.43 Å². The predicted molar refractivity (Wildman–Crippen MR) is 69.0 cm³/mol. The zero-order chi connectivity index (χ0) is 16.9. The number of nitrogens with one attached hydrogen (secondary N) is 2. The normalized spacial score (nSPS) is 10.6. The number of carbonyl (C=O) groups is 1. The van der Waals surface area contributed by atoms with Crippen LogP contribution in [0.2, 0.25) is 0 Å². The SMILES string of the molecule is N/C(=N\NC(=O)c1cc([N+](=O)[O-])cc([N+](=O)[O-])c1)N[N+](=O)[O-]. The lowest BCUT2D eigenvalue weighted by Crippen LogP contribution is -2.38. The molecule has 0 atom stereocenters. The molecule has 1 aromatic rings. The van der Waals surface area contributed by atoms with Crippen LogP contribution in [0.15, 0.2) is 23.3 Å². The van der Waals surface area contributed by atoms with Crippen LogP contribution in [-0.2, 0) is 0 Å². The molecule has 1 amide bonds. The van der Waals surface area contributed by atoms with E-state index in [1.807, 2.05) is 0 Å². The molecule has 0 radical (unpaired) electrons. The molecular weight excluding hydrogens is 306 g/mol. The summed E-state index contributed by atoms with van der Waals surface area (Å²) in [6.45, 7) is 0. The standard InChI is InChI=1S/C8H7N7O7/c9-8(12-15(21)22)11-10-7(16)4-1-5(13(17)18)3-6(2-4)14(19)20/h1-3H,(H,10,16)(H3,9,11,12). The Balaban J connectivity index is 3.04. The molecule has 0 fully saturated rings. The van der Waals surface area contributed by atoms with Crippen molar-refractivity contribution < 1.29 is 19.7 Å². The molecule has 0 saturated heterocycles. The average molecular weight is 313 g/mol. The van der Waals surface area contributed by atoms with Crippen molar-refractivity contribution in [2.24, 2.45) is 10.8 Å². The number of non-ortho nitro benzene ring substituents is 2. The van der Waals surface area contributed by atoms with Crippen molar-refractivity contribution in [1.29, 1.82) is 0 Å². The number of hydrogen-bond acceptors (Lipinski definition) is 8. The van der Waals surface area contributed by atoms with Crippen LogP contribution < -0.4 is 16.6 Å². The predicted octanol–water partition coefficient (Wildman–Crippen LogP) is -0.756. The summed E-state index contributed by atoms with van der Waals surface area (Å²) >= 11 is 0. The van der Waals surface area contributed by atoms with E-state index in [2.05, 4.69) is 5.10 Å². The van der Waals surface area contributed by atoms with Crippen molar-refractivity contribution in [2.75, 3.05) is 0 Å². The van der Waals surface area contributed by atoms with Gasteiger partial charge in [0, 0.05) is 12.1 Å². The van der Waals surface area contributed by atoms with E-state index in [4.69, 9.17) is 5.73 Å². The van der Waals surface area contributed by atoms with Crippen LogP contribution in [0.3, 0.4) is 0 Å². The molecule has 14 nitrogen and oxygen atoms in total. The number of hydrazone groups is 1. The number of carbonyl (C=O) groups excluding carboxylic acids is 1. The van der Waals surface area contributed by atoms with Gasteiger partial charge in [0.2, 0.25) is 0 Å². The van der Waals surface area contributed by atoms with Gasteiger partial charge in [-0.15, -0.1) is 5.10 Å². The first-order chi connectivity index (χ1) is 10.2. The third kappa shape index (κ3) is 4.37. The number of rotatable bonds is 5. The van der Waals surface area contributed by atoms with E-state index in [0.717, 1.165) is 12.1 Å². The molecule has 0 aliphatic rings. The lowest BCUT2D eigenvalue weighted by Gasteiger charge is -2.01. The van der Waals surface area contributed by atoms with Gasteiger partial charge in [-0.05, 0) is 0 Å². The first-order valence-corrected chi connectivity index (χ1v) is 5.19. The van der Waals surface area contributed by atoms with Crippen LogP contribution in [0, 0.1) is 30.3 Å². The number of nitrogens with zero attached hydrogens (tertiary/aromatic N) is 4. The maximum absolute atomic E-state index is 11.7. The summed E-state index contributed by atoms with van der Waals surface area (Å²) in [5, 5.41) is 33.4. The largest absolute Gasteiger partial charge is 0.364 e. The molecule has 22 heavy (non-hydrogen) atoms. The Bertz CT molecular complexity index is 653. The quantitative estimate of drug-likeness (QED) is 0.269. The molecule has 1 rings (SSSR count). The van der Waals surface area contributed by atoms with Gasteiger partial charge < -0.3 is 5.73 Å². The minimum atomic E-state index is -1.08. The molecule has 4 N–H and O–H groups in total. The molecule has 14 heteroatoms. The molecule has 0 aliphatic carbocycles. The Morgan fingerprint density at radius 2 is 1.55 bits per heavy atom. The summed E-state index contributed by atoms with van der Waals surface area (Å²) in [6.07, 6.45) is 0.